The molecule has 0 aliphatic carbocycles. The first kappa shape index (κ1) is 83.8. The Morgan fingerprint density at radius 1 is 0.692 bits per heavy atom. The second kappa shape index (κ2) is 37.2. The van der Waals surface area contributed by atoms with Gasteiger partial charge >= 0.3 is 61.8 Å². The maximum atomic E-state index is 8.74. The molecule has 13 heavy (non-hydrogen) atoms. The van der Waals surface area contributed by atoms with Crippen LogP contribution >= 0.6 is 0 Å². The van der Waals surface area contributed by atoms with Crippen LogP contribution in [-0.4, -0.2) is 119 Å². The van der Waals surface area contributed by atoms with Crippen LogP contribution in [-0.2, 0) is 10.4 Å². The molecule has 14 N–H and O–H groups in total. The first-order valence-corrected chi connectivity index (χ1v) is 2.10. The minimum atomic E-state index is -4.67. The van der Waals surface area contributed by atoms with Crippen LogP contribution in [0.25, 0.3) is 0 Å². The van der Waals surface area contributed by atoms with Crippen LogP contribution in [0.1, 0.15) is 0 Å². The van der Waals surface area contributed by atoms with Gasteiger partial charge in [0, 0.05) is 0 Å². The zero-order valence-corrected chi connectivity index (χ0v) is 5.94. The maximum absolute atomic E-state index is 8.74. The molecule has 0 spiro atoms. The summed E-state index contributed by atoms with van der Waals surface area (Å²) in [5.74, 6) is 0. The van der Waals surface area contributed by atoms with Gasteiger partial charge in [0.2, 0.25) is 0 Å². The molecule has 0 aromatic carbocycles. The second-order valence-electron chi connectivity index (χ2n) is 0.448. The SMILES string of the molecule is O.O.O.O.O.O.O=S(=O)(O)O.[AlH3].[KH]. The molecule has 0 aliphatic rings. The van der Waals surface area contributed by atoms with Gasteiger partial charge in [0.05, 0.1) is 0 Å². The first-order chi connectivity index (χ1) is 2.00. The molecule has 0 aliphatic heterocycles. The van der Waals surface area contributed by atoms with E-state index in [1.165, 1.54) is 0 Å². The van der Waals surface area contributed by atoms with E-state index in [0.29, 0.717) is 0 Å². The van der Waals surface area contributed by atoms with Gasteiger partial charge in [-0.05, 0) is 0 Å². The topological polar surface area (TPSA) is 264 Å². The molecule has 0 aromatic rings. The van der Waals surface area contributed by atoms with Crippen LogP contribution in [0.4, 0.5) is 0 Å². The standard InChI is InChI=1S/Al.K.H2O4S.6H2O.4H/c;;1-5(2,3)4;;;;;;;;;;/h;;(H2,1,2,3,4);6*1H2;;;;. The predicted molar refractivity (Wildman–Crippen MR) is 52.9 cm³/mol. The Balaban J connectivity index is -0.00000000286. The van der Waals surface area contributed by atoms with Crippen molar-refractivity contribution in [1.82, 2.24) is 0 Å². The fourth-order valence-corrected chi connectivity index (χ4v) is 0. The zero-order valence-electron chi connectivity index (χ0n) is 5.12. The Bertz CT molecular complexity index is 98.1. The molecular formula is H18AlKO10S. The zero-order chi connectivity index (χ0) is 4.50. The molecule has 0 unspecified atom stereocenters. The Morgan fingerprint density at radius 2 is 0.692 bits per heavy atom. The van der Waals surface area contributed by atoms with Crippen molar-refractivity contribution in [3.05, 3.63) is 0 Å². The van der Waals surface area contributed by atoms with Gasteiger partial charge in [-0.15, -0.1) is 0 Å². The van der Waals surface area contributed by atoms with Crippen LogP contribution < -0.4 is 0 Å². The molecule has 0 aromatic heterocycles. The minimum absolute atomic E-state index is 0. The van der Waals surface area contributed by atoms with Gasteiger partial charge in [-0.25, -0.2) is 0 Å². The average molecular weight is 276 g/mol. The van der Waals surface area contributed by atoms with Crippen molar-refractivity contribution in [1.29, 1.82) is 0 Å². The van der Waals surface area contributed by atoms with Gasteiger partial charge < -0.3 is 32.9 Å². The predicted octanol–water partition coefficient (Wildman–Crippen LogP) is -7.43. The molecule has 0 amide bonds. The van der Waals surface area contributed by atoms with E-state index < -0.39 is 10.4 Å². The van der Waals surface area contributed by atoms with E-state index in [9.17, 15) is 0 Å². The van der Waals surface area contributed by atoms with E-state index in [1.54, 1.807) is 0 Å². The van der Waals surface area contributed by atoms with Crippen molar-refractivity contribution in [3.8, 4) is 0 Å². The molecule has 0 saturated heterocycles. The summed E-state index contributed by atoms with van der Waals surface area (Å²) in [5.41, 5.74) is 0. The third-order valence-electron chi connectivity index (χ3n) is 0. The van der Waals surface area contributed by atoms with E-state index in [-0.39, 0.29) is 102 Å². The number of rotatable bonds is 0. The fourth-order valence-electron chi connectivity index (χ4n) is 0. The van der Waals surface area contributed by atoms with E-state index in [0.717, 1.165) is 0 Å². The van der Waals surface area contributed by atoms with Crippen LogP contribution in [0.2, 0.25) is 0 Å². The normalized spacial score (nSPS) is 4.46. The van der Waals surface area contributed by atoms with E-state index in [4.69, 9.17) is 17.5 Å². The molecule has 0 rings (SSSR count). The molecule has 0 saturated carbocycles. The summed E-state index contributed by atoms with van der Waals surface area (Å²) in [6.45, 7) is 0. The second-order valence-corrected chi connectivity index (χ2v) is 1.34. The molecule has 0 fully saturated rings. The molecule has 88 valence electrons. The van der Waals surface area contributed by atoms with Crippen LogP contribution in [0.5, 0.6) is 0 Å². The molecule has 10 nitrogen and oxygen atoms in total. The fraction of sp³-hybridized carbons (Fsp3) is 0. The quantitative estimate of drug-likeness (QED) is 0.322. The van der Waals surface area contributed by atoms with Gasteiger partial charge in [0.15, 0.2) is 17.4 Å². The van der Waals surface area contributed by atoms with Gasteiger partial charge in [-0.1, -0.05) is 0 Å². The van der Waals surface area contributed by atoms with Crippen LogP contribution in [0, 0.1) is 0 Å². The third-order valence-corrected chi connectivity index (χ3v) is 0. The summed E-state index contributed by atoms with van der Waals surface area (Å²) >= 11 is 0. The van der Waals surface area contributed by atoms with Crippen LogP contribution in [0.15, 0.2) is 0 Å². The average Bonchev–Trinajstić information content (AvgIpc) is 0.722. The molecule has 0 heterocycles. The van der Waals surface area contributed by atoms with Crippen molar-refractivity contribution in [3.63, 3.8) is 0 Å². The van der Waals surface area contributed by atoms with Crippen molar-refractivity contribution < 1.29 is 50.4 Å². The van der Waals surface area contributed by atoms with E-state index in [2.05, 4.69) is 0 Å². The Morgan fingerprint density at radius 3 is 0.692 bits per heavy atom. The van der Waals surface area contributed by atoms with Crippen molar-refractivity contribution in [2.45, 2.75) is 0 Å². The van der Waals surface area contributed by atoms with Crippen LogP contribution in [0.3, 0.4) is 0 Å². The van der Waals surface area contributed by atoms with Gasteiger partial charge in [-0.2, -0.15) is 8.42 Å². The Hall–Kier alpha value is 1.80. The molecule has 0 radical (unpaired) electrons. The van der Waals surface area contributed by atoms with Gasteiger partial charge in [0.25, 0.3) is 0 Å². The first-order valence-electron chi connectivity index (χ1n) is 0.698. The summed E-state index contributed by atoms with van der Waals surface area (Å²) < 4.78 is 31.6. The molecule has 0 atom stereocenters. The molecular weight excluding hydrogens is 258 g/mol. The van der Waals surface area contributed by atoms with Gasteiger partial charge in [-0.3, -0.25) is 9.11 Å². The summed E-state index contributed by atoms with van der Waals surface area (Å²) in [6, 6.07) is 0. The third kappa shape index (κ3) is 594. The van der Waals surface area contributed by atoms with Gasteiger partial charge in [0.1, 0.15) is 0 Å². The molecule has 13 heteroatoms. The Kier molecular flexibility index (Phi) is 240. The number of hydrogen-bond acceptors (Lipinski definition) is 2. The van der Waals surface area contributed by atoms with Crippen molar-refractivity contribution in [2.24, 2.45) is 0 Å². The number of hydrogen-bond donors (Lipinski definition) is 2. The molecule has 0 bridgehead atoms. The summed E-state index contributed by atoms with van der Waals surface area (Å²) in [5, 5.41) is 0. The van der Waals surface area contributed by atoms with Crippen molar-refractivity contribution in [2.75, 3.05) is 0 Å². The summed E-state index contributed by atoms with van der Waals surface area (Å²) in [4.78, 5) is 0. The monoisotopic (exact) mass is 276 g/mol. The van der Waals surface area contributed by atoms with Crippen molar-refractivity contribution >= 4 is 79.1 Å². The summed E-state index contributed by atoms with van der Waals surface area (Å²) in [7, 11) is -4.67. The summed E-state index contributed by atoms with van der Waals surface area (Å²) in [6.07, 6.45) is 0. The van der Waals surface area contributed by atoms with E-state index >= 15 is 0 Å². The Labute approximate surface area is 128 Å². The van der Waals surface area contributed by atoms with E-state index in [1.807, 2.05) is 0 Å².